The van der Waals surface area contributed by atoms with Gasteiger partial charge >= 0.3 is 5.97 Å². The first-order valence-corrected chi connectivity index (χ1v) is 17.7. The van der Waals surface area contributed by atoms with Crippen LogP contribution >= 0.6 is 0 Å². The average Bonchev–Trinajstić information content (AvgIpc) is 3.59. The highest BCUT2D eigenvalue weighted by Gasteiger charge is 2.36. The zero-order chi connectivity index (χ0) is 38.1. The molecule has 14 nitrogen and oxygen atoms in total. The number of aliphatic carboxylic acids is 1. The molecule has 1 saturated heterocycles. The van der Waals surface area contributed by atoms with Crippen molar-refractivity contribution in [3.8, 4) is 0 Å². The lowest BCUT2D eigenvalue weighted by atomic mass is 9.97. The highest BCUT2D eigenvalue weighted by Crippen LogP contribution is 2.19. The molecule has 14 heteroatoms. The van der Waals surface area contributed by atoms with E-state index in [0.717, 1.165) is 5.56 Å². The van der Waals surface area contributed by atoms with Gasteiger partial charge in [0.1, 0.15) is 12.6 Å². The molecule has 1 fully saturated rings. The van der Waals surface area contributed by atoms with Crippen LogP contribution in [0.3, 0.4) is 0 Å². The van der Waals surface area contributed by atoms with Crippen molar-refractivity contribution in [3.63, 3.8) is 0 Å². The molecule has 0 radical (unpaired) electrons. The summed E-state index contributed by atoms with van der Waals surface area (Å²) in [5, 5.41) is 17.0. The van der Waals surface area contributed by atoms with Crippen LogP contribution in [0.5, 0.6) is 0 Å². The highest BCUT2D eigenvalue weighted by molar-refractivity contribution is 5.95. The second-order valence-corrected chi connectivity index (χ2v) is 13.5. The molecule has 0 aromatic heterocycles. The van der Waals surface area contributed by atoms with Crippen LogP contribution < -0.4 is 16.0 Å². The maximum Gasteiger partial charge on any atom is 0.303 e. The number of carbonyl (C=O) groups excluding carboxylic acids is 7. The van der Waals surface area contributed by atoms with Gasteiger partial charge in [-0.2, -0.15) is 0 Å². The van der Waals surface area contributed by atoms with Gasteiger partial charge in [0.05, 0.1) is 12.1 Å². The maximum atomic E-state index is 13.3. The lowest BCUT2D eigenvalue weighted by Gasteiger charge is -2.27. The summed E-state index contributed by atoms with van der Waals surface area (Å²) < 4.78 is 5.59. The standard InChI is InChI=1S/C37H54N4O10/c1-23(2)20-28(32(44)15-16-33(45)38-5)40-37(50)30-8-6-18-41(30)34(46)22-51-19-7-9-31(43)29(39-36(49)24(3)10-17-35(47)48)21-26-11-13-27(14-12-26)25(4)42/h11-14,23-24,28-30H,6-10,15-22H2,1-5H3,(H,38,45)(H,39,49)(H,40,50)(H,47,48)/t24-,28+,29+,30+/m1/s1. The third-order valence-corrected chi connectivity index (χ3v) is 8.85. The third kappa shape index (κ3) is 15.1. The molecule has 4 amide bonds. The summed E-state index contributed by atoms with van der Waals surface area (Å²) in [6, 6.07) is 4.31. The Morgan fingerprint density at radius 3 is 2.18 bits per heavy atom. The Bertz CT molecular complexity index is 1390. The van der Waals surface area contributed by atoms with Gasteiger partial charge in [0, 0.05) is 57.4 Å². The Hall–Kier alpha value is -4.46. The van der Waals surface area contributed by atoms with E-state index < -0.39 is 41.8 Å². The summed E-state index contributed by atoms with van der Waals surface area (Å²) in [6.45, 7) is 7.03. The zero-order valence-electron chi connectivity index (χ0n) is 30.5. The minimum atomic E-state index is -1.02. The smallest absolute Gasteiger partial charge is 0.303 e. The number of ketones is 3. The van der Waals surface area contributed by atoms with Gasteiger partial charge in [0.25, 0.3) is 0 Å². The number of benzene rings is 1. The molecule has 0 unspecified atom stereocenters. The fourth-order valence-electron chi connectivity index (χ4n) is 5.79. The third-order valence-electron chi connectivity index (χ3n) is 8.85. The predicted octanol–water partition coefficient (Wildman–Crippen LogP) is 2.40. The summed E-state index contributed by atoms with van der Waals surface area (Å²) in [4.78, 5) is 101. The molecular formula is C37H54N4O10. The largest absolute Gasteiger partial charge is 0.481 e. The molecule has 4 N–H and O–H groups in total. The number of carboxylic acid groups (broad SMARTS) is 1. The van der Waals surface area contributed by atoms with Crippen molar-refractivity contribution in [3.05, 3.63) is 35.4 Å². The van der Waals surface area contributed by atoms with Crippen LogP contribution in [0.1, 0.15) is 101 Å². The molecule has 0 spiro atoms. The molecule has 0 saturated carbocycles. The minimum absolute atomic E-state index is 0.00571. The minimum Gasteiger partial charge on any atom is -0.481 e. The Kier molecular flexibility index (Phi) is 18.2. The van der Waals surface area contributed by atoms with Gasteiger partial charge in [-0.05, 0) is 56.9 Å². The molecular weight excluding hydrogens is 660 g/mol. The number of rotatable bonds is 23. The molecule has 1 aliphatic heterocycles. The van der Waals surface area contributed by atoms with Gasteiger partial charge in [-0.25, -0.2) is 0 Å². The fourth-order valence-corrected chi connectivity index (χ4v) is 5.79. The number of Topliss-reactive ketones (excluding diaryl/α,β-unsaturated/α-hetero) is 3. The van der Waals surface area contributed by atoms with Crippen LogP contribution in [0.15, 0.2) is 24.3 Å². The summed E-state index contributed by atoms with van der Waals surface area (Å²) in [7, 11) is 1.49. The van der Waals surface area contributed by atoms with Crippen molar-refractivity contribution in [1.29, 1.82) is 0 Å². The van der Waals surface area contributed by atoms with E-state index in [4.69, 9.17) is 9.84 Å². The first-order chi connectivity index (χ1) is 24.1. The van der Waals surface area contributed by atoms with E-state index in [2.05, 4.69) is 16.0 Å². The number of nitrogens with zero attached hydrogens (tertiary/aromatic N) is 1. The van der Waals surface area contributed by atoms with Crippen LogP contribution in [-0.2, 0) is 44.7 Å². The molecule has 0 bridgehead atoms. The number of amides is 4. The van der Waals surface area contributed by atoms with Crippen LogP contribution in [0.4, 0.5) is 0 Å². The van der Waals surface area contributed by atoms with E-state index in [-0.39, 0.29) is 93.2 Å². The normalized spacial score (nSPS) is 15.8. The van der Waals surface area contributed by atoms with Crippen LogP contribution in [0.2, 0.25) is 0 Å². The Balaban J connectivity index is 1.94. The number of hydrogen-bond acceptors (Lipinski definition) is 9. The van der Waals surface area contributed by atoms with Crippen molar-refractivity contribution < 1.29 is 48.2 Å². The van der Waals surface area contributed by atoms with Crippen molar-refractivity contribution in [2.75, 3.05) is 26.8 Å². The second-order valence-electron chi connectivity index (χ2n) is 13.5. The lowest BCUT2D eigenvalue weighted by Crippen LogP contribution is -2.51. The maximum absolute atomic E-state index is 13.3. The first kappa shape index (κ1) is 42.7. The van der Waals surface area contributed by atoms with Gasteiger partial charge in [0.15, 0.2) is 17.3 Å². The van der Waals surface area contributed by atoms with Gasteiger partial charge < -0.3 is 30.7 Å². The van der Waals surface area contributed by atoms with Crippen molar-refractivity contribution in [1.82, 2.24) is 20.9 Å². The Labute approximate surface area is 299 Å². The summed E-state index contributed by atoms with van der Waals surface area (Å²) in [5.41, 5.74) is 1.24. The van der Waals surface area contributed by atoms with E-state index in [9.17, 15) is 38.4 Å². The summed E-state index contributed by atoms with van der Waals surface area (Å²) in [5.74, 6) is -3.67. The van der Waals surface area contributed by atoms with Crippen molar-refractivity contribution in [2.45, 2.75) is 110 Å². The monoisotopic (exact) mass is 714 g/mol. The highest BCUT2D eigenvalue weighted by atomic mass is 16.5. The number of likely N-dealkylation sites (tertiary alicyclic amines) is 1. The molecule has 1 aliphatic rings. The van der Waals surface area contributed by atoms with E-state index >= 15 is 0 Å². The average molecular weight is 715 g/mol. The molecule has 1 aromatic rings. The van der Waals surface area contributed by atoms with E-state index in [1.807, 2.05) is 13.8 Å². The topological polar surface area (TPSA) is 205 Å². The molecule has 51 heavy (non-hydrogen) atoms. The van der Waals surface area contributed by atoms with Gasteiger partial charge in [-0.3, -0.25) is 38.4 Å². The zero-order valence-corrected chi connectivity index (χ0v) is 30.5. The summed E-state index contributed by atoms with van der Waals surface area (Å²) in [6.07, 6.45) is 1.87. The Morgan fingerprint density at radius 2 is 1.57 bits per heavy atom. The molecule has 0 aliphatic carbocycles. The number of carbonyl (C=O) groups is 8. The van der Waals surface area contributed by atoms with Gasteiger partial charge in [0.2, 0.25) is 23.6 Å². The van der Waals surface area contributed by atoms with E-state index in [0.29, 0.717) is 31.4 Å². The fraction of sp³-hybridized carbons (Fsp3) is 0.622. The molecule has 2 rings (SSSR count). The van der Waals surface area contributed by atoms with Crippen molar-refractivity contribution >= 4 is 46.9 Å². The number of nitrogens with one attached hydrogen (secondary N) is 3. The number of carboxylic acids is 1. The quantitative estimate of drug-likeness (QED) is 0.0962. The summed E-state index contributed by atoms with van der Waals surface area (Å²) >= 11 is 0. The first-order valence-electron chi connectivity index (χ1n) is 17.7. The molecule has 1 heterocycles. The number of hydrogen-bond donors (Lipinski definition) is 4. The van der Waals surface area contributed by atoms with E-state index in [1.54, 1.807) is 31.2 Å². The van der Waals surface area contributed by atoms with Crippen LogP contribution in [-0.4, -0.2) is 102 Å². The molecule has 1 aromatic carbocycles. The molecule has 282 valence electrons. The van der Waals surface area contributed by atoms with Crippen molar-refractivity contribution in [2.24, 2.45) is 11.8 Å². The van der Waals surface area contributed by atoms with Gasteiger partial charge in [-0.15, -0.1) is 0 Å². The molecule has 4 atom stereocenters. The van der Waals surface area contributed by atoms with E-state index in [1.165, 1.54) is 18.9 Å². The SMILES string of the molecule is CNC(=O)CCC(=O)[C@H](CC(C)C)NC(=O)[C@@H]1CCCN1C(=O)COCCCC(=O)[C@H](Cc1ccc(C(C)=O)cc1)NC(=O)[C@H](C)CCC(=O)O. The second kappa shape index (κ2) is 21.7. The lowest BCUT2D eigenvalue weighted by molar-refractivity contribution is -0.142. The number of ether oxygens (including phenoxy) is 1. The predicted molar refractivity (Wildman–Crippen MR) is 188 cm³/mol. The van der Waals surface area contributed by atoms with Gasteiger partial charge in [-0.1, -0.05) is 45.0 Å². The Morgan fingerprint density at radius 1 is 0.902 bits per heavy atom. The van der Waals surface area contributed by atoms with Crippen LogP contribution in [0, 0.1) is 11.8 Å². The van der Waals surface area contributed by atoms with Crippen LogP contribution in [0.25, 0.3) is 0 Å².